The molecule has 49 valence electrons. The maximum absolute atomic E-state index is 3.66. The largest absolute Gasteiger partial charge is 0.358 e. The van der Waals surface area contributed by atoms with E-state index in [-0.39, 0.29) is 40.1 Å². The molecular weight excluding hydrogens is 191 g/mol. The summed E-state index contributed by atoms with van der Waals surface area (Å²) in [5, 5.41) is 10.7. The molecule has 0 aliphatic rings. The van der Waals surface area contributed by atoms with Gasteiger partial charge in [0.1, 0.15) is 0 Å². The Morgan fingerprint density at radius 1 is 1.33 bits per heavy atom. The zero-order valence-electron chi connectivity index (χ0n) is 5.92. The molecule has 0 saturated heterocycles. The molecule has 0 unspecified atom stereocenters. The summed E-state index contributed by atoms with van der Waals surface area (Å²) in [5.41, 5.74) is 1.83. The van der Waals surface area contributed by atoms with Gasteiger partial charge >= 0.3 is 0 Å². The van der Waals surface area contributed by atoms with Crippen LogP contribution in [0, 0.1) is 21.3 Å². The molecule has 0 aliphatic heterocycles. The second-order valence-electron chi connectivity index (χ2n) is 1.46. The van der Waals surface area contributed by atoms with Crippen LogP contribution in [0.15, 0.2) is 0 Å². The molecule has 0 saturated carbocycles. The van der Waals surface area contributed by atoms with Gasteiger partial charge in [-0.2, -0.15) is 0 Å². The van der Waals surface area contributed by atoms with Gasteiger partial charge in [-0.25, -0.2) is 0 Å². The topological polar surface area (TPSA) is 39.9 Å². The summed E-state index contributed by atoms with van der Waals surface area (Å²) in [5.74, 6) is 0. The monoisotopic (exact) mass is 200 g/mol. The Hall–Kier alpha value is 0.244. The van der Waals surface area contributed by atoms with Gasteiger partial charge in [-0.3, -0.25) is 5.21 Å². The van der Waals surface area contributed by atoms with Crippen LogP contribution in [0.4, 0.5) is 0 Å². The van der Waals surface area contributed by atoms with Crippen LogP contribution in [-0.4, -0.2) is 10.3 Å². The van der Waals surface area contributed by atoms with Crippen LogP contribution < -0.4 is 5.10 Å². The van der Waals surface area contributed by atoms with Crippen molar-refractivity contribution in [3.8, 4) is 0 Å². The van der Waals surface area contributed by atoms with Gasteiger partial charge in [-0.15, -0.1) is 0 Å². The first kappa shape index (κ1) is 12.0. The van der Waals surface area contributed by atoms with Crippen LogP contribution in [0.5, 0.6) is 0 Å². The Labute approximate surface area is 80.5 Å². The molecule has 0 aliphatic carbocycles. The molecule has 1 aromatic rings. The minimum atomic E-state index is 0. The van der Waals surface area contributed by atoms with E-state index in [0.717, 1.165) is 11.4 Å². The molecule has 0 N–H and O–H groups in total. The number of aryl methyl sites for hydroxylation is 2. The second kappa shape index (κ2) is 5.06. The molecule has 1 aromatic heterocycles. The van der Waals surface area contributed by atoms with Crippen molar-refractivity contribution in [2.45, 2.75) is 13.8 Å². The van der Waals surface area contributed by atoms with Gasteiger partial charge in [-0.1, -0.05) is 11.4 Å². The van der Waals surface area contributed by atoms with Crippen molar-refractivity contribution in [3.05, 3.63) is 18.8 Å². The zero-order valence-corrected chi connectivity index (χ0v) is 8.76. The fourth-order valence-electron chi connectivity index (χ4n) is 0.301. The van der Waals surface area contributed by atoms with Crippen molar-refractivity contribution in [1.29, 1.82) is 0 Å². The molecule has 0 spiro atoms. The number of aromatic nitrogens is 3. The van der Waals surface area contributed by atoms with Crippen LogP contribution in [-0.2, 0) is 32.7 Å². The average molecular weight is 200 g/mol. The number of rotatable bonds is 0. The summed E-state index contributed by atoms with van der Waals surface area (Å²) in [7, 11) is 0. The number of nitrogens with zero attached hydrogens (tertiary/aromatic N) is 3. The molecule has 1 radical (unpaired) electrons. The van der Waals surface area contributed by atoms with E-state index in [1.165, 1.54) is 0 Å². The molecule has 4 heteroatoms. The van der Waals surface area contributed by atoms with E-state index in [2.05, 4.69) is 15.4 Å². The van der Waals surface area contributed by atoms with Crippen LogP contribution in [0.2, 0.25) is 0 Å². The van der Waals surface area contributed by atoms with Crippen LogP contribution in [0.25, 0.3) is 0 Å². The van der Waals surface area contributed by atoms with Crippen molar-refractivity contribution in [1.82, 2.24) is 15.4 Å². The van der Waals surface area contributed by atoms with Crippen molar-refractivity contribution >= 4 is 0 Å². The SMILES string of the molecule is Cc1nn[n-]c1C.[CH3-].[Y]. The summed E-state index contributed by atoms with van der Waals surface area (Å²) < 4.78 is 0. The molecule has 1 rings (SSSR count). The summed E-state index contributed by atoms with van der Waals surface area (Å²) >= 11 is 0. The van der Waals surface area contributed by atoms with Gasteiger partial charge < -0.3 is 17.6 Å². The van der Waals surface area contributed by atoms with E-state index in [1.807, 2.05) is 13.8 Å². The minimum absolute atomic E-state index is 0. The summed E-state index contributed by atoms with van der Waals surface area (Å²) in [6.45, 7) is 3.77. The smallest absolute Gasteiger partial charge is 0 e. The van der Waals surface area contributed by atoms with E-state index < -0.39 is 0 Å². The van der Waals surface area contributed by atoms with E-state index in [4.69, 9.17) is 0 Å². The quantitative estimate of drug-likeness (QED) is 0.572. The summed E-state index contributed by atoms with van der Waals surface area (Å²) in [4.78, 5) is 0. The van der Waals surface area contributed by atoms with Crippen LogP contribution in [0.1, 0.15) is 11.4 Å². The third-order valence-corrected chi connectivity index (χ3v) is 0.913. The van der Waals surface area contributed by atoms with Crippen molar-refractivity contribution in [2.75, 3.05) is 0 Å². The predicted octanol–water partition coefficient (Wildman–Crippen LogP) is 0.498. The Morgan fingerprint density at radius 3 is 2.00 bits per heavy atom. The fourth-order valence-corrected chi connectivity index (χ4v) is 0.301. The third-order valence-electron chi connectivity index (χ3n) is 0.913. The molecule has 9 heavy (non-hydrogen) atoms. The molecule has 0 fully saturated rings. The normalized spacial score (nSPS) is 7.33. The minimum Gasteiger partial charge on any atom is -0.358 e. The van der Waals surface area contributed by atoms with E-state index in [9.17, 15) is 0 Å². The van der Waals surface area contributed by atoms with Gasteiger partial charge in [-0.05, 0) is 13.8 Å². The van der Waals surface area contributed by atoms with Gasteiger partial charge in [0.05, 0.1) is 0 Å². The van der Waals surface area contributed by atoms with Gasteiger partial charge in [0.15, 0.2) is 0 Å². The molecule has 3 nitrogen and oxygen atoms in total. The Kier molecular flexibility index (Phi) is 6.73. The molecule has 0 amide bonds. The van der Waals surface area contributed by atoms with Crippen molar-refractivity contribution in [2.24, 2.45) is 0 Å². The van der Waals surface area contributed by atoms with Gasteiger partial charge in [0.2, 0.25) is 0 Å². The molecule has 0 aromatic carbocycles. The van der Waals surface area contributed by atoms with Crippen LogP contribution >= 0.6 is 0 Å². The van der Waals surface area contributed by atoms with Gasteiger partial charge in [0.25, 0.3) is 0 Å². The Balaban J connectivity index is 0. The van der Waals surface area contributed by atoms with Crippen molar-refractivity contribution in [3.63, 3.8) is 0 Å². The molecule has 0 atom stereocenters. The van der Waals surface area contributed by atoms with Crippen LogP contribution in [0.3, 0.4) is 0 Å². The van der Waals surface area contributed by atoms with E-state index in [1.54, 1.807) is 0 Å². The average Bonchev–Trinajstić information content (AvgIpc) is 1.91. The Morgan fingerprint density at radius 2 is 1.89 bits per heavy atom. The summed E-state index contributed by atoms with van der Waals surface area (Å²) in [6, 6.07) is 0. The molecule has 0 bridgehead atoms. The fraction of sp³-hybridized carbons (Fsp3) is 0.400. The number of hydrogen-bond donors (Lipinski definition) is 0. The van der Waals surface area contributed by atoms with Gasteiger partial charge in [0, 0.05) is 32.7 Å². The third kappa shape index (κ3) is 3.06. The molecule has 1 heterocycles. The van der Waals surface area contributed by atoms with Crippen molar-refractivity contribution < 1.29 is 32.7 Å². The first-order valence-electron chi connectivity index (χ1n) is 2.10. The second-order valence-corrected chi connectivity index (χ2v) is 1.46. The Bertz CT molecular complexity index is 144. The first-order valence-corrected chi connectivity index (χ1v) is 2.10. The maximum Gasteiger partial charge on any atom is 0 e. The first-order chi connectivity index (χ1) is 3.30. The number of hydrogen-bond acceptors (Lipinski definition) is 2. The standard InChI is InChI=1S/C4H6N3.CH3.Y/c1-3-4(2)6-7-5-3;;/h1-2H3;1H3;/q2*-1;. The zero-order chi connectivity index (χ0) is 5.28. The molecular formula is C5H9N3Y-2. The van der Waals surface area contributed by atoms with E-state index >= 15 is 0 Å². The maximum atomic E-state index is 3.66. The van der Waals surface area contributed by atoms with E-state index in [0.29, 0.717) is 0 Å². The summed E-state index contributed by atoms with van der Waals surface area (Å²) in [6.07, 6.45) is 0. The predicted molar refractivity (Wildman–Crippen MR) is 31.2 cm³/mol.